The quantitative estimate of drug-likeness (QED) is 0.692. The van der Waals surface area contributed by atoms with Crippen molar-refractivity contribution in [2.24, 2.45) is 0 Å². The summed E-state index contributed by atoms with van der Waals surface area (Å²) in [5.74, 6) is 1.61. The molecule has 5 rings (SSSR count). The van der Waals surface area contributed by atoms with Gasteiger partial charge in [-0.2, -0.15) is 10.1 Å². The number of allylic oxidation sites excluding steroid dienone is 2. The predicted molar refractivity (Wildman–Crippen MR) is 111 cm³/mol. The van der Waals surface area contributed by atoms with E-state index >= 15 is 0 Å². The molecule has 0 saturated heterocycles. The van der Waals surface area contributed by atoms with Crippen LogP contribution in [0.3, 0.4) is 0 Å². The van der Waals surface area contributed by atoms with E-state index in [2.05, 4.69) is 71.0 Å². The molecule has 0 unspecified atom stereocenters. The van der Waals surface area contributed by atoms with Crippen LogP contribution < -0.4 is 5.32 Å². The van der Waals surface area contributed by atoms with Crippen LogP contribution in [0.2, 0.25) is 0 Å². The standard InChI is InChI=1S/C22H22N4OS/c1-13(2)14-5-7-15(8-6-14)21-20-17(25-22-23-12-24-26(21)22)10-16(11-18(20)27)19-4-3-9-28-19/h3-9,12-13,16,21H,10-11H2,1-2H3,(H,23,24,25)/t16-,21+/m0/s1. The third kappa shape index (κ3) is 2.79. The van der Waals surface area contributed by atoms with Crippen LogP contribution in [0.15, 0.2) is 59.4 Å². The van der Waals surface area contributed by atoms with E-state index in [1.165, 1.54) is 10.4 Å². The number of carbonyl (C=O) groups is 1. The number of nitrogens with zero attached hydrogens (tertiary/aromatic N) is 3. The number of anilines is 1. The Morgan fingerprint density at radius 3 is 2.71 bits per heavy atom. The Balaban J connectivity index is 1.58. The Morgan fingerprint density at radius 1 is 1.18 bits per heavy atom. The first-order valence-corrected chi connectivity index (χ1v) is 10.6. The highest BCUT2D eigenvalue weighted by atomic mass is 32.1. The van der Waals surface area contributed by atoms with E-state index in [0.29, 0.717) is 18.3 Å². The first-order chi connectivity index (χ1) is 13.6. The lowest BCUT2D eigenvalue weighted by Gasteiger charge is -2.34. The van der Waals surface area contributed by atoms with Crippen LogP contribution in [0.1, 0.15) is 60.6 Å². The van der Waals surface area contributed by atoms with E-state index in [0.717, 1.165) is 23.3 Å². The minimum Gasteiger partial charge on any atom is -0.328 e. The van der Waals surface area contributed by atoms with Crippen molar-refractivity contribution in [1.29, 1.82) is 0 Å². The second kappa shape index (κ2) is 6.71. The number of Topliss-reactive ketones (excluding diaryl/α,β-unsaturated/α-hetero) is 1. The zero-order chi connectivity index (χ0) is 19.3. The summed E-state index contributed by atoms with van der Waals surface area (Å²) < 4.78 is 1.84. The Kier molecular flexibility index (Phi) is 4.16. The van der Waals surface area contributed by atoms with Gasteiger partial charge in [0, 0.05) is 28.5 Å². The summed E-state index contributed by atoms with van der Waals surface area (Å²) in [5, 5.41) is 9.89. The van der Waals surface area contributed by atoms with Crippen molar-refractivity contribution in [1.82, 2.24) is 14.8 Å². The molecule has 0 spiro atoms. The van der Waals surface area contributed by atoms with Crippen LogP contribution in [0, 0.1) is 0 Å². The number of hydrogen-bond donors (Lipinski definition) is 1. The van der Waals surface area contributed by atoms with Crippen molar-refractivity contribution in [2.45, 2.75) is 44.6 Å². The van der Waals surface area contributed by atoms with E-state index < -0.39 is 0 Å². The number of hydrogen-bond acceptors (Lipinski definition) is 5. The molecule has 1 aliphatic heterocycles. The molecule has 3 heterocycles. The van der Waals surface area contributed by atoms with Gasteiger partial charge in [-0.15, -0.1) is 11.3 Å². The van der Waals surface area contributed by atoms with Crippen molar-refractivity contribution in [3.05, 3.63) is 75.4 Å². The lowest BCUT2D eigenvalue weighted by molar-refractivity contribution is -0.116. The van der Waals surface area contributed by atoms with Gasteiger partial charge in [-0.05, 0) is 34.9 Å². The van der Waals surface area contributed by atoms with E-state index in [1.807, 2.05) is 4.68 Å². The molecule has 0 amide bonds. The van der Waals surface area contributed by atoms with Crippen LogP contribution in [0.25, 0.3) is 0 Å². The number of fused-ring (bicyclic) bond motifs is 1. The molecule has 2 aromatic heterocycles. The Hall–Kier alpha value is -2.73. The monoisotopic (exact) mass is 390 g/mol. The van der Waals surface area contributed by atoms with Gasteiger partial charge in [0.1, 0.15) is 12.4 Å². The Labute approximate surface area is 168 Å². The minimum atomic E-state index is -0.216. The molecule has 28 heavy (non-hydrogen) atoms. The SMILES string of the molecule is CC(C)c1ccc([C@@H]2C3=C(C[C@H](c4cccs4)CC3=O)Nc3ncnn32)cc1. The van der Waals surface area contributed by atoms with Crippen molar-refractivity contribution in [3.63, 3.8) is 0 Å². The summed E-state index contributed by atoms with van der Waals surface area (Å²) in [6.45, 7) is 4.37. The largest absolute Gasteiger partial charge is 0.328 e. The summed E-state index contributed by atoms with van der Waals surface area (Å²) in [6, 6.07) is 12.5. The third-order valence-corrected chi connectivity index (χ3v) is 6.76. The van der Waals surface area contributed by atoms with Crippen molar-refractivity contribution in [3.8, 4) is 0 Å². The molecule has 0 bridgehead atoms. The maximum absolute atomic E-state index is 13.3. The summed E-state index contributed by atoms with van der Waals surface area (Å²) in [4.78, 5) is 18.9. The number of ketones is 1. The highest BCUT2D eigenvalue weighted by Gasteiger charge is 2.39. The van der Waals surface area contributed by atoms with Gasteiger partial charge in [0.2, 0.25) is 5.95 Å². The summed E-state index contributed by atoms with van der Waals surface area (Å²) in [5.41, 5.74) is 4.20. The second-order valence-electron chi connectivity index (χ2n) is 7.81. The summed E-state index contributed by atoms with van der Waals surface area (Å²) in [7, 11) is 0. The first-order valence-electron chi connectivity index (χ1n) is 9.68. The van der Waals surface area contributed by atoms with Gasteiger partial charge in [-0.25, -0.2) is 4.68 Å². The Morgan fingerprint density at radius 2 is 2.00 bits per heavy atom. The van der Waals surface area contributed by atoms with Gasteiger partial charge in [0.15, 0.2) is 5.78 Å². The van der Waals surface area contributed by atoms with E-state index in [4.69, 9.17) is 0 Å². The van der Waals surface area contributed by atoms with Gasteiger partial charge in [0.05, 0.1) is 0 Å². The fourth-order valence-electron chi connectivity index (χ4n) is 4.25. The highest BCUT2D eigenvalue weighted by molar-refractivity contribution is 7.10. The number of carbonyl (C=O) groups excluding carboxylic acids is 1. The fourth-order valence-corrected chi connectivity index (χ4v) is 5.08. The van der Waals surface area contributed by atoms with Gasteiger partial charge in [-0.3, -0.25) is 4.79 Å². The maximum Gasteiger partial charge on any atom is 0.226 e. The molecule has 0 fully saturated rings. The lowest BCUT2D eigenvalue weighted by atomic mass is 9.80. The number of rotatable bonds is 3. The van der Waals surface area contributed by atoms with Crippen LogP contribution in [0.5, 0.6) is 0 Å². The molecule has 6 heteroatoms. The average Bonchev–Trinajstić information content (AvgIpc) is 3.38. The molecule has 5 nitrogen and oxygen atoms in total. The molecule has 142 valence electrons. The zero-order valence-corrected chi connectivity index (χ0v) is 16.7. The third-order valence-electron chi connectivity index (χ3n) is 5.73. The molecule has 1 aromatic carbocycles. The normalized spacial score (nSPS) is 21.5. The van der Waals surface area contributed by atoms with E-state index in [1.54, 1.807) is 17.7 Å². The average molecular weight is 391 g/mol. The lowest BCUT2D eigenvalue weighted by Crippen LogP contribution is -2.33. The number of aromatic nitrogens is 3. The molecule has 2 atom stereocenters. The fraction of sp³-hybridized carbons (Fsp3) is 0.318. The van der Waals surface area contributed by atoms with Crippen LogP contribution >= 0.6 is 11.3 Å². The van der Waals surface area contributed by atoms with Crippen LogP contribution in [0.4, 0.5) is 5.95 Å². The second-order valence-corrected chi connectivity index (χ2v) is 8.79. The molecule has 3 aromatic rings. The van der Waals surface area contributed by atoms with Crippen LogP contribution in [-0.4, -0.2) is 20.5 Å². The number of nitrogens with one attached hydrogen (secondary N) is 1. The van der Waals surface area contributed by atoms with Gasteiger partial charge in [0.25, 0.3) is 0 Å². The first kappa shape index (κ1) is 17.4. The predicted octanol–water partition coefficient (Wildman–Crippen LogP) is 4.88. The Bertz CT molecular complexity index is 1050. The molecule has 1 aliphatic carbocycles. The zero-order valence-electron chi connectivity index (χ0n) is 15.9. The van der Waals surface area contributed by atoms with Gasteiger partial charge in [-0.1, -0.05) is 44.2 Å². The highest BCUT2D eigenvalue weighted by Crippen LogP contribution is 2.44. The van der Waals surface area contributed by atoms with Crippen molar-refractivity contribution in [2.75, 3.05) is 5.32 Å². The number of thiophene rings is 1. The van der Waals surface area contributed by atoms with E-state index in [-0.39, 0.29) is 17.7 Å². The summed E-state index contributed by atoms with van der Waals surface area (Å²) >= 11 is 1.72. The molecule has 1 N–H and O–H groups in total. The maximum atomic E-state index is 13.3. The molecular formula is C22H22N4OS. The topological polar surface area (TPSA) is 59.8 Å². The van der Waals surface area contributed by atoms with Gasteiger partial charge < -0.3 is 5.32 Å². The molecule has 2 aliphatic rings. The van der Waals surface area contributed by atoms with Crippen molar-refractivity contribution < 1.29 is 4.79 Å². The minimum absolute atomic E-state index is 0.200. The van der Waals surface area contributed by atoms with Crippen LogP contribution in [-0.2, 0) is 4.79 Å². The molecular weight excluding hydrogens is 368 g/mol. The summed E-state index contributed by atoms with van der Waals surface area (Å²) in [6.07, 6.45) is 2.93. The molecule has 0 radical (unpaired) electrons. The van der Waals surface area contributed by atoms with Crippen molar-refractivity contribution >= 4 is 23.1 Å². The molecule has 0 saturated carbocycles. The number of benzene rings is 1. The van der Waals surface area contributed by atoms with E-state index in [9.17, 15) is 4.79 Å². The van der Waals surface area contributed by atoms with Gasteiger partial charge >= 0.3 is 0 Å². The smallest absolute Gasteiger partial charge is 0.226 e.